The SMILES string of the molecule is Cc1ccc(CC(=O)c2cc3c(cc2Cl)OCCO3)cc1. The Kier molecular flexibility index (Phi) is 3.84. The number of ketones is 1. The highest BCUT2D eigenvalue weighted by Crippen LogP contribution is 2.35. The quantitative estimate of drug-likeness (QED) is 0.808. The highest BCUT2D eigenvalue weighted by molar-refractivity contribution is 6.34. The number of carbonyl (C=O) groups excluding carboxylic acids is 1. The summed E-state index contributed by atoms with van der Waals surface area (Å²) in [6.45, 7) is 3.00. The van der Waals surface area contributed by atoms with Crippen LogP contribution in [-0.2, 0) is 6.42 Å². The number of ether oxygens (including phenoxy) is 2. The molecule has 3 nitrogen and oxygen atoms in total. The number of fused-ring (bicyclic) bond motifs is 1. The van der Waals surface area contributed by atoms with Gasteiger partial charge in [-0.2, -0.15) is 0 Å². The van der Waals surface area contributed by atoms with Gasteiger partial charge in [0.25, 0.3) is 0 Å². The first-order valence-electron chi connectivity index (χ1n) is 6.81. The Morgan fingerprint density at radius 1 is 1.10 bits per heavy atom. The standard InChI is InChI=1S/C17H15ClO3/c1-11-2-4-12(5-3-11)8-15(19)13-9-16-17(10-14(13)18)21-7-6-20-16/h2-5,9-10H,6-8H2,1H3. The summed E-state index contributed by atoms with van der Waals surface area (Å²) >= 11 is 6.19. The fraction of sp³-hybridized carbons (Fsp3) is 0.235. The summed E-state index contributed by atoms with van der Waals surface area (Å²) in [5, 5.41) is 0.399. The number of rotatable bonds is 3. The van der Waals surface area contributed by atoms with Crippen molar-refractivity contribution >= 4 is 17.4 Å². The number of hydrogen-bond acceptors (Lipinski definition) is 3. The van der Waals surface area contributed by atoms with Gasteiger partial charge in [-0.05, 0) is 18.6 Å². The van der Waals surface area contributed by atoms with E-state index in [1.807, 2.05) is 31.2 Å². The minimum Gasteiger partial charge on any atom is -0.486 e. The Morgan fingerprint density at radius 2 is 1.71 bits per heavy atom. The van der Waals surface area contributed by atoms with Crippen molar-refractivity contribution in [2.24, 2.45) is 0 Å². The molecule has 0 bridgehead atoms. The number of aryl methyl sites for hydroxylation is 1. The van der Waals surface area contributed by atoms with Crippen molar-refractivity contribution in [2.45, 2.75) is 13.3 Å². The first kappa shape index (κ1) is 14.0. The van der Waals surface area contributed by atoms with Crippen LogP contribution in [0.2, 0.25) is 5.02 Å². The van der Waals surface area contributed by atoms with E-state index in [9.17, 15) is 4.79 Å². The van der Waals surface area contributed by atoms with Gasteiger partial charge < -0.3 is 9.47 Å². The lowest BCUT2D eigenvalue weighted by Gasteiger charge is -2.19. The van der Waals surface area contributed by atoms with E-state index in [0.29, 0.717) is 41.7 Å². The van der Waals surface area contributed by atoms with E-state index in [0.717, 1.165) is 5.56 Å². The van der Waals surface area contributed by atoms with Crippen LogP contribution in [-0.4, -0.2) is 19.0 Å². The van der Waals surface area contributed by atoms with Crippen LogP contribution in [0.25, 0.3) is 0 Å². The summed E-state index contributed by atoms with van der Waals surface area (Å²) in [6.07, 6.45) is 0.319. The van der Waals surface area contributed by atoms with Gasteiger partial charge in [-0.3, -0.25) is 4.79 Å². The third-order valence-corrected chi connectivity index (χ3v) is 3.73. The van der Waals surface area contributed by atoms with E-state index in [1.165, 1.54) is 5.56 Å². The smallest absolute Gasteiger partial charge is 0.168 e. The molecule has 0 atom stereocenters. The van der Waals surface area contributed by atoms with E-state index < -0.39 is 0 Å². The number of benzene rings is 2. The van der Waals surface area contributed by atoms with Crippen LogP contribution in [0.3, 0.4) is 0 Å². The molecule has 108 valence electrons. The molecule has 0 N–H and O–H groups in total. The molecule has 0 amide bonds. The zero-order valence-corrected chi connectivity index (χ0v) is 12.4. The van der Waals surface area contributed by atoms with E-state index >= 15 is 0 Å². The van der Waals surface area contributed by atoms with E-state index in [4.69, 9.17) is 21.1 Å². The monoisotopic (exact) mass is 302 g/mol. The summed E-state index contributed by atoms with van der Waals surface area (Å²) in [5.74, 6) is 1.15. The molecule has 2 aromatic rings. The van der Waals surface area contributed by atoms with Crippen molar-refractivity contribution in [3.05, 3.63) is 58.1 Å². The highest BCUT2D eigenvalue weighted by Gasteiger charge is 2.19. The molecule has 1 aliphatic rings. The van der Waals surface area contributed by atoms with Gasteiger partial charge in [0.05, 0.1) is 5.02 Å². The fourth-order valence-electron chi connectivity index (χ4n) is 2.26. The summed E-state index contributed by atoms with van der Waals surface area (Å²) in [5.41, 5.74) is 2.61. The predicted molar refractivity (Wildman–Crippen MR) is 81.7 cm³/mol. The van der Waals surface area contributed by atoms with Crippen LogP contribution in [0, 0.1) is 6.92 Å². The van der Waals surface area contributed by atoms with E-state index in [2.05, 4.69) is 0 Å². The largest absolute Gasteiger partial charge is 0.486 e. The molecule has 3 rings (SSSR count). The minimum atomic E-state index is -0.0270. The molecule has 0 fully saturated rings. The second kappa shape index (κ2) is 5.78. The van der Waals surface area contributed by atoms with E-state index in [-0.39, 0.29) is 5.78 Å². The third-order valence-electron chi connectivity index (χ3n) is 3.42. The average Bonchev–Trinajstić information content (AvgIpc) is 2.49. The molecule has 0 unspecified atom stereocenters. The molecule has 21 heavy (non-hydrogen) atoms. The maximum absolute atomic E-state index is 12.4. The second-order valence-corrected chi connectivity index (χ2v) is 5.47. The number of halogens is 1. The van der Waals surface area contributed by atoms with Crippen LogP contribution >= 0.6 is 11.6 Å². The van der Waals surface area contributed by atoms with Gasteiger partial charge in [0.1, 0.15) is 13.2 Å². The summed E-state index contributed by atoms with van der Waals surface area (Å²) in [4.78, 5) is 12.4. The van der Waals surface area contributed by atoms with Crippen LogP contribution < -0.4 is 9.47 Å². The van der Waals surface area contributed by atoms with Crippen LogP contribution in [0.1, 0.15) is 21.5 Å². The Hall–Kier alpha value is -2.00. The van der Waals surface area contributed by atoms with Crippen molar-refractivity contribution in [3.8, 4) is 11.5 Å². The van der Waals surface area contributed by atoms with Gasteiger partial charge >= 0.3 is 0 Å². The van der Waals surface area contributed by atoms with Gasteiger partial charge in [-0.15, -0.1) is 0 Å². The van der Waals surface area contributed by atoms with Gasteiger partial charge in [0.2, 0.25) is 0 Å². The Bertz CT molecular complexity index is 677. The first-order valence-corrected chi connectivity index (χ1v) is 7.19. The molecule has 0 radical (unpaired) electrons. The fourth-order valence-corrected chi connectivity index (χ4v) is 2.52. The molecule has 0 spiro atoms. The Morgan fingerprint density at radius 3 is 2.38 bits per heavy atom. The first-order chi connectivity index (χ1) is 10.1. The zero-order chi connectivity index (χ0) is 14.8. The molecule has 0 saturated carbocycles. The summed E-state index contributed by atoms with van der Waals surface area (Å²) in [7, 11) is 0. The molecule has 0 saturated heterocycles. The van der Waals surface area contributed by atoms with Crippen LogP contribution in [0.4, 0.5) is 0 Å². The van der Waals surface area contributed by atoms with Gasteiger partial charge in [0, 0.05) is 18.1 Å². The molecule has 0 aliphatic carbocycles. The Labute approximate surface area is 128 Å². The number of carbonyl (C=O) groups is 1. The van der Waals surface area contributed by atoms with Gasteiger partial charge in [-0.25, -0.2) is 0 Å². The van der Waals surface area contributed by atoms with Gasteiger partial charge in [-0.1, -0.05) is 41.4 Å². The third kappa shape index (κ3) is 3.03. The maximum Gasteiger partial charge on any atom is 0.168 e. The van der Waals surface area contributed by atoms with Crippen molar-refractivity contribution in [3.63, 3.8) is 0 Å². The van der Waals surface area contributed by atoms with E-state index in [1.54, 1.807) is 12.1 Å². The normalized spacial score (nSPS) is 13.0. The van der Waals surface area contributed by atoms with Gasteiger partial charge in [0.15, 0.2) is 17.3 Å². The number of hydrogen-bond donors (Lipinski definition) is 0. The van der Waals surface area contributed by atoms with Crippen LogP contribution in [0.15, 0.2) is 36.4 Å². The molecule has 1 heterocycles. The molecular formula is C17H15ClO3. The molecule has 0 aromatic heterocycles. The van der Waals surface area contributed by atoms with Crippen molar-refractivity contribution in [2.75, 3.05) is 13.2 Å². The second-order valence-electron chi connectivity index (χ2n) is 5.06. The van der Waals surface area contributed by atoms with Crippen molar-refractivity contribution < 1.29 is 14.3 Å². The maximum atomic E-state index is 12.4. The summed E-state index contributed by atoms with van der Waals surface area (Å²) in [6, 6.07) is 11.2. The van der Waals surface area contributed by atoms with Crippen LogP contribution in [0.5, 0.6) is 11.5 Å². The highest BCUT2D eigenvalue weighted by atomic mass is 35.5. The average molecular weight is 303 g/mol. The minimum absolute atomic E-state index is 0.0270. The topological polar surface area (TPSA) is 35.5 Å². The van der Waals surface area contributed by atoms with Crippen molar-refractivity contribution in [1.29, 1.82) is 0 Å². The lowest BCUT2D eigenvalue weighted by atomic mass is 10.0. The van der Waals surface area contributed by atoms with Crippen molar-refractivity contribution in [1.82, 2.24) is 0 Å². The predicted octanol–water partition coefficient (Wildman–Crippen LogP) is 3.85. The Balaban J connectivity index is 1.85. The molecule has 4 heteroatoms. The molecule has 2 aromatic carbocycles. The molecule has 1 aliphatic heterocycles. The number of Topliss-reactive ketones (excluding diaryl/α,β-unsaturated/α-hetero) is 1. The molecular weight excluding hydrogens is 288 g/mol. The zero-order valence-electron chi connectivity index (χ0n) is 11.7. The lowest BCUT2D eigenvalue weighted by Crippen LogP contribution is -2.16. The summed E-state index contributed by atoms with van der Waals surface area (Å²) < 4.78 is 10.9. The lowest BCUT2D eigenvalue weighted by molar-refractivity contribution is 0.0992.